The number of aromatic nitrogens is 1. The SMILES string of the molecule is CC(C)NC(=O)c1cc(Br)cnc1F. The molecule has 0 atom stereocenters. The minimum Gasteiger partial charge on any atom is -0.350 e. The molecule has 0 saturated heterocycles. The second kappa shape index (κ2) is 4.50. The predicted molar refractivity (Wildman–Crippen MR) is 54.5 cm³/mol. The van der Waals surface area contributed by atoms with Gasteiger partial charge >= 0.3 is 0 Å². The van der Waals surface area contributed by atoms with Crippen LogP contribution in [0, 0.1) is 5.95 Å². The Labute approximate surface area is 89.9 Å². The third kappa shape index (κ3) is 2.77. The van der Waals surface area contributed by atoms with Crippen LogP contribution in [-0.4, -0.2) is 16.9 Å². The smallest absolute Gasteiger partial charge is 0.256 e. The van der Waals surface area contributed by atoms with Gasteiger partial charge in [-0.15, -0.1) is 0 Å². The molecule has 1 amide bonds. The molecule has 0 bridgehead atoms. The van der Waals surface area contributed by atoms with Crippen LogP contribution in [0.5, 0.6) is 0 Å². The van der Waals surface area contributed by atoms with E-state index in [1.54, 1.807) is 13.8 Å². The number of carbonyl (C=O) groups is 1. The van der Waals surface area contributed by atoms with Crippen molar-refractivity contribution in [3.8, 4) is 0 Å². The molecule has 1 N–H and O–H groups in total. The normalized spacial score (nSPS) is 10.4. The second-order valence-corrected chi connectivity index (χ2v) is 4.04. The van der Waals surface area contributed by atoms with Gasteiger partial charge in [0.15, 0.2) is 0 Å². The van der Waals surface area contributed by atoms with E-state index < -0.39 is 11.9 Å². The highest BCUT2D eigenvalue weighted by molar-refractivity contribution is 9.10. The number of pyridine rings is 1. The van der Waals surface area contributed by atoms with Crippen LogP contribution >= 0.6 is 15.9 Å². The zero-order chi connectivity index (χ0) is 10.7. The summed E-state index contributed by atoms with van der Waals surface area (Å²) in [5, 5.41) is 2.59. The van der Waals surface area contributed by atoms with Crippen molar-refractivity contribution in [2.24, 2.45) is 0 Å². The Bertz CT molecular complexity index is 355. The topological polar surface area (TPSA) is 42.0 Å². The number of nitrogens with zero attached hydrogens (tertiary/aromatic N) is 1. The van der Waals surface area contributed by atoms with Crippen LogP contribution in [0.25, 0.3) is 0 Å². The first-order chi connectivity index (χ1) is 6.50. The molecule has 0 spiro atoms. The minimum atomic E-state index is -0.758. The minimum absolute atomic E-state index is 0.0270. The molecule has 76 valence electrons. The lowest BCUT2D eigenvalue weighted by atomic mass is 10.2. The molecule has 0 fully saturated rings. The maximum absolute atomic E-state index is 13.1. The van der Waals surface area contributed by atoms with Crippen molar-refractivity contribution >= 4 is 21.8 Å². The summed E-state index contributed by atoms with van der Waals surface area (Å²) < 4.78 is 13.7. The zero-order valence-corrected chi connectivity index (χ0v) is 9.43. The van der Waals surface area contributed by atoms with E-state index in [9.17, 15) is 9.18 Å². The van der Waals surface area contributed by atoms with E-state index >= 15 is 0 Å². The summed E-state index contributed by atoms with van der Waals surface area (Å²) >= 11 is 3.12. The predicted octanol–water partition coefficient (Wildman–Crippen LogP) is 2.12. The average molecular weight is 261 g/mol. The molecular weight excluding hydrogens is 251 g/mol. The van der Waals surface area contributed by atoms with E-state index in [0.717, 1.165) is 0 Å². The van der Waals surface area contributed by atoms with Gasteiger partial charge in [-0.3, -0.25) is 4.79 Å². The van der Waals surface area contributed by atoms with E-state index in [1.807, 2.05) is 0 Å². The van der Waals surface area contributed by atoms with Crippen molar-refractivity contribution in [3.05, 3.63) is 28.2 Å². The first-order valence-corrected chi connectivity index (χ1v) is 4.92. The summed E-state index contributed by atoms with van der Waals surface area (Å²) in [4.78, 5) is 14.8. The Hall–Kier alpha value is -0.970. The Morgan fingerprint density at radius 2 is 2.29 bits per heavy atom. The highest BCUT2D eigenvalue weighted by Gasteiger charge is 2.13. The van der Waals surface area contributed by atoms with Gasteiger partial charge in [-0.05, 0) is 35.8 Å². The van der Waals surface area contributed by atoms with Crippen LogP contribution in [0.1, 0.15) is 24.2 Å². The lowest BCUT2D eigenvalue weighted by Gasteiger charge is -2.08. The fraction of sp³-hybridized carbons (Fsp3) is 0.333. The van der Waals surface area contributed by atoms with E-state index in [1.165, 1.54) is 12.3 Å². The molecule has 0 aromatic carbocycles. The van der Waals surface area contributed by atoms with E-state index in [4.69, 9.17) is 0 Å². The molecule has 1 heterocycles. The first-order valence-electron chi connectivity index (χ1n) is 4.12. The van der Waals surface area contributed by atoms with Crippen LogP contribution in [0.2, 0.25) is 0 Å². The molecule has 0 aliphatic heterocycles. The molecule has 0 aliphatic rings. The molecule has 0 saturated carbocycles. The molecular formula is C9H10BrFN2O. The number of carbonyl (C=O) groups excluding carboxylic acids is 1. The highest BCUT2D eigenvalue weighted by atomic mass is 79.9. The number of hydrogen-bond acceptors (Lipinski definition) is 2. The van der Waals surface area contributed by atoms with E-state index in [0.29, 0.717) is 4.47 Å². The van der Waals surface area contributed by atoms with Crippen molar-refractivity contribution in [1.29, 1.82) is 0 Å². The van der Waals surface area contributed by atoms with E-state index in [2.05, 4.69) is 26.2 Å². The van der Waals surface area contributed by atoms with Crippen LogP contribution in [0.15, 0.2) is 16.7 Å². The summed E-state index contributed by atoms with van der Waals surface area (Å²) in [6, 6.07) is 1.38. The monoisotopic (exact) mass is 260 g/mol. The summed E-state index contributed by atoms with van der Waals surface area (Å²) in [5.74, 6) is -1.21. The second-order valence-electron chi connectivity index (χ2n) is 3.12. The van der Waals surface area contributed by atoms with Crippen LogP contribution < -0.4 is 5.32 Å². The van der Waals surface area contributed by atoms with Crippen LogP contribution in [0.4, 0.5) is 4.39 Å². The van der Waals surface area contributed by atoms with Gasteiger partial charge in [-0.1, -0.05) is 0 Å². The van der Waals surface area contributed by atoms with Gasteiger partial charge in [0, 0.05) is 16.7 Å². The fourth-order valence-corrected chi connectivity index (χ4v) is 1.25. The standard InChI is InChI=1S/C9H10BrFN2O/c1-5(2)13-9(14)7-3-6(10)4-12-8(7)11/h3-5H,1-2H3,(H,13,14). The molecule has 1 rings (SSSR count). The molecule has 0 unspecified atom stereocenters. The first kappa shape index (κ1) is 11.1. The van der Waals surface area contributed by atoms with Gasteiger partial charge < -0.3 is 5.32 Å². The number of amides is 1. The Morgan fingerprint density at radius 3 is 2.86 bits per heavy atom. The van der Waals surface area contributed by atoms with Gasteiger partial charge in [0.2, 0.25) is 5.95 Å². The zero-order valence-electron chi connectivity index (χ0n) is 7.84. The van der Waals surface area contributed by atoms with Gasteiger partial charge in [0.25, 0.3) is 5.91 Å². The quantitative estimate of drug-likeness (QED) is 0.828. The molecule has 0 radical (unpaired) electrons. The summed E-state index contributed by atoms with van der Waals surface area (Å²) in [6.07, 6.45) is 1.31. The van der Waals surface area contributed by atoms with Crippen molar-refractivity contribution in [2.75, 3.05) is 0 Å². The van der Waals surface area contributed by atoms with Gasteiger partial charge in [-0.2, -0.15) is 4.39 Å². The van der Waals surface area contributed by atoms with Crippen LogP contribution in [-0.2, 0) is 0 Å². The van der Waals surface area contributed by atoms with Gasteiger partial charge in [0.05, 0.1) is 5.56 Å². The molecule has 3 nitrogen and oxygen atoms in total. The molecule has 14 heavy (non-hydrogen) atoms. The summed E-state index contributed by atoms with van der Waals surface area (Å²) in [5.41, 5.74) is -0.0481. The summed E-state index contributed by atoms with van der Waals surface area (Å²) in [7, 11) is 0. The third-order valence-electron chi connectivity index (χ3n) is 1.47. The fourth-order valence-electron chi connectivity index (χ4n) is 0.922. The van der Waals surface area contributed by atoms with Crippen molar-refractivity contribution in [3.63, 3.8) is 0 Å². The number of halogens is 2. The lowest BCUT2D eigenvalue weighted by Crippen LogP contribution is -2.30. The maximum Gasteiger partial charge on any atom is 0.256 e. The lowest BCUT2D eigenvalue weighted by molar-refractivity contribution is 0.0938. The van der Waals surface area contributed by atoms with Crippen LogP contribution in [0.3, 0.4) is 0 Å². The molecule has 1 aromatic heterocycles. The molecule has 5 heteroatoms. The van der Waals surface area contributed by atoms with E-state index in [-0.39, 0.29) is 11.6 Å². The molecule has 1 aromatic rings. The van der Waals surface area contributed by atoms with Gasteiger partial charge in [0.1, 0.15) is 0 Å². The van der Waals surface area contributed by atoms with Crippen molar-refractivity contribution in [1.82, 2.24) is 10.3 Å². The third-order valence-corrected chi connectivity index (χ3v) is 1.90. The largest absolute Gasteiger partial charge is 0.350 e. The Morgan fingerprint density at radius 1 is 1.64 bits per heavy atom. The number of hydrogen-bond donors (Lipinski definition) is 1. The highest BCUT2D eigenvalue weighted by Crippen LogP contribution is 2.12. The van der Waals surface area contributed by atoms with Gasteiger partial charge in [-0.25, -0.2) is 4.98 Å². The number of nitrogens with one attached hydrogen (secondary N) is 1. The molecule has 0 aliphatic carbocycles. The number of rotatable bonds is 2. The Kier molecular flexibility index (Phi) is 3.57. The van der Waals surface area contributed by atoms with Crippen molar-refractivity contribution < 1.29 is 9.18 Å². The average Bonchev–Trinajstić information content (AvgIpc) is 2.08. The van der Waals surface area contributed by atoms with Crippen molar-refractivity contribution in [2.45, 2.75) is 19.9 Å². The maximum atomic E-state index is 13.1. The summed E-state index contributed by atoms with van der Waals surface area (Å²) in [6.45, 7) is 3.61. The Balaban J connectivity index is 2.94.